The molecule has 1 saturated heterocycles. The molecule has 150 valence electrons. The lowest BCUT2D eigenvalue weighted by Gasteiger charge is -2.17. The first-order valence-corrected chi connectivity index (χ1v) is 10.1. The number of pyridine rings is 1. The number of amides is 1. The molecule has 0 radical (unpaired) electrons. The standard InChI is InChI=1S/C24H22N4O2/c29-23-15-28(24(30)17-7-5-16(6-8-17)21-10-12-26-27-21)14-19(23)13-18-9-11-25-22-4-2-1-3-20(18)22/h1-12,19,23,29H,13-15H2,(H,26,27)/t19-,23-/m1/s1. The Kier molecular flexibility index (Phi) is 4.77. The van der Waals surface area contributed by atoms with Gasteiger partial charge in [0, 0.05) is 42.4 Å². The number of para-hydroxylation sites is 1. The van der Waals surface area contributed by atoms with Crippen LogP contribution in [0.5, 0.6) is 0 Å². The Morgan fingerprint density at radius 3 is 2.67 bits per heavy atom. The quantitative estimate of drug-likeness (QED) is 0.553. The van der Waals surface area contributed by atoms with Crippen LogP contribution in [0.15, 0.2) is 73.1 Å². The maximum absolute atomic E-state index is 13.0. The summed E-state index contributed by atoms with van der Waals surface area (Å²) in [6, 6.07) is 19.4. The van der Waals surface area contributed by atoms with Crippen molar-refractivity contribution >= 4 is 16.8 Å². The van der Waals surface area contributed by atoms with Gasteiger partial charge >= 0.3 is 0 Å². The fourth-order valence-electron chi connectivity index (χ4n) is 4.23. The number of carbonyl (C=O) groups is 1. The van der Waals surface area contributed by atoms with E-state index in [1.807, 2.05) is 60.8 Å². The van der Waals surface area contributed by atoms with E-state index in [0.29, 0.717) is 25.1 Å². The van der Waals surface area contributed by atoms with E-state index in [4.69, 9.17) is 0 Å². The molecule has 4 aromatic rings. The fourth-order valence-corrected chi connectivity index (χ4v) is 4.23. The van der Waals surface area contributed by atoms with Crippen molar-refractivity contribution in [2.45, 2.75) is 12.5 Å². The highest BCUT2D eigenvalue weighted by molar-refractivity contribution is 5.95. The van der Waals surface area contributed by atoms with Crippen LogP contribution in [0.25, 0.3) is 22.2 Å². The number of aromatic nitrogens is 3. The van der Waals surface area contributed by atoms with Crippen LogP contribution < -0.4 is 0 Å². The summed E-state index contributed by atoms with van der Waals surface area (Å²) < 4.78 is 0. The number of nitrogens with one attached hydrogen (secondary N) is 1. The molecule has 2 aromatic heterocycles. The number of fused-ring (bicyclic) bond motifs is 1. The number of aromatic amines is 1. The van der Waals surface area contributed by atoms with E-state index in [0.717, 1.165) is 27.7 Å². The number of β-amino-alcohol motifs (C(OH)–C–C–N with tert-alkyl or cyclic N) is 1. The minimum absolute atomic E-state index is 0.00372. The number of hydrogen-bond donors (Lipinski definition) is 2. The molecule has 1 amide bonds. The maximum atomic E-state index is 13.0. The van der Waals surface area contributed by atoms with Gasteiger partial charge in [-0.1, -0.05) is 30.3 Å². The third-order valence-corrected chi connectivity index (χ3v) is 5.86. The second-order valence-electron chi connectivity index (χ2n) is 7.78. The zero-order valence-corrected chi connectivity index (χ0v) is 16.4. The number of hydrogen-bond acceptors (Lipinski definition) is 4. The van der Waals surface area contributed by atoms with Crippen LogP contribution in [0.1, 0.15) is 15.9 Å². The van der Waals surface area contributed by atoms with Crippen molar-refractivity contribution in [2.24, 2.45) is 5.92 Å². The van der Waals surface area contributed by atoms with E-state index in [-0.39, 0.29) is 11.8 Å². The molecule has 2 atom stereocenters. The van der Waals surface area contributed by atoms with Gasteiger partial charge in [-0.05, 0) is 47.9 Å². The summed E-state index contributed by atoms with van der Waals surface area (Å²) in [5.74, 6) is -0.0451. The first kappa shape index (κ1) is 18.5. The SMILES string of the molecule is O=C(c1ccc(-c2ccn[nH]2)cc1)N1C[C@@H](Cc2ccnc3ccccc23)[C@H](O)C1. The molecule has 0 spiro atoms. The number of benzene rings is 2. The van der Waals surface area contributed by atoms with Crippen LogP contribution in [0.4, 0.5) is 0 Å². The van der Waals surface area contributed by atoms with Crippen molar-refractivity contribution in [1.29, 1.82) is 0 Å². The predicted octanol–water partition coefficient (Wildman–Crippen LogP) is 3.30. The largest absolute Gasteiger partial charge is 0.391 e. The van der Waals surface area contributed by atoms with Crippen molar-refractivity contribution in [3.05, 3.63) is 84.2 Å². The number of aliphatic hydroxyl groups excluding tert-OH is 1. The second kappa shape index (κ2) is 7.72. The lowest BCUT2D eigenvalue weighted by atomic mass is 9.94. The average Bonchev–Trinajstić information content (AvgIpc) is 3.44. The first-order valence-electron chi connectivity index (χ1n) is 10.1. The van der Waals surface area contributed by atoms with Gasteiger partial charge < -0.3 is 10.0 Å². The summed E-state index contributed by atoms with van der Waals surface area (Å²) in [7, 11) is 0. The first-order chi connectivity index (χ1) is 14.7. The van der Waals surface area contributed by atoms with Gasteiger partial charge in [-0.25, -0.2) is 0 Å². The van der Waals surface area contributed by atoms with Crippen LogP contribution in [0.3, 0.4) is 0 Å². The number of carbonyl (C=O) groups excluding carboxylic acids is 1. The molecule has 0 bridgehead atoms. The zero-order chi connectivity index (χ0) is 20.5. The number of nitrogens with zero attached hydrogens (tertiary/aromatic N) is 3. The molecule has 30 heavy (non-hydrogen) atoms. The van der Waals surface area contributed by atoms with Crippen LogP contribution in [-0.4, -0.2) is 50.3 Å². The Bertz CT molecular complexity index is 1170. The highest BCUT2D eigenvalue weighted by Crippen LogP contribution is 2.27. The normalized spacial score (nSPS) is 18.8. The van der Waals surface area contributed by atoms with E-state index >= 15 is 0 Å². The third kappa shape index (κ3) is 3.46. The molecule has 2 N–H and O–H groups in total. The van der Waals surface area contributed by atoms with Gasteiger partial charge in [-0.3, -0.25) is 14.9 Å². The number of likely N-dealkylation sites (tertiary alicyclic amines) is 1. The maximum Gasteiger partial charge on any atom is 0.253 e. The van der Waals surface area contributed by atoms with E-state index in [1.165, 1.54) is 0 Å². The predicted molar refractivity (Wildman–Crippen MR) is 115 cm³/mol. The molecule has 3 heterocycles. The highest BCUT2D eigenvalue weighted by atomic mass is 16.3. The summed E-state index contributed by atoms with van der Waals surface area (Å²) in [5, 5.41) is 18.6. The Hall–Kier alpha value is -3.51. The van der Waals surface area contributed by atoms with Crippen molar-refractivity contribution in [1.82, 2.24) is 20.1 Å². The van der Waals surface area contributed by atoms with E-state index < -0.39 is 6.10 Å². The number of aliphatic hydroxyl groups is 1. The molecular formula is C24H22N4O2. The smallest absolute Gasteiger partial charge is 0.253 e. The number of H-pyrrole nitrogens is 1. The molecule has 5 rings (SSSR count). The van der Waals surface area contributed by atoms with Crippen molar-refractivity contribution < 1.29 is 9.90 Å². The Balaban J connectivity index is 1.31. The molecule has 6 heteroatoms. The molecule has 0 aliphatic carbocycles. The van der Waals surface area contributed by atoms with Crippen LogP contribution >= 0.6 is 0 Å². The van der Waals surface area contributed by atoms with Crippen molar-refractivity contribution in [3.8, 4) is 11.3 Å². The molecule has 0 saturated carbocycles. The van der Waals surface area contributed by atoms with Crippen LogP contribution in [-0.2, 0) is 6.42 Å². The lowest BCUT2D eigenvalue weighted by Crippen LogP contribution is -2.29. The average molecular weight is 398 g/mol. The minimum atomic E-state index is -0.537. The fraction of sp³-hybridized carbons (Fsp3) is 0.208. The molecular weight excluding hydrogens is 376 g/mol. The van der Waals surface area contributed by atoms with Crippen LogP contribution in [0, 0.1) is 5.92 Å². The molecule has 1 aliphatic heterocycles. The topological polar surface area (TPSA) is 82.1 Å². The summed E-state index contributed by atoms with van der Waals surface area (Å²) >= 11 is 0. The van der Waals surface area contributed by atoms with E-state index in [9.17, 15) is 9.90 Å². The molecule has 1 fully saturated rings. The van der Waals surface area contributed by atoms with E-state index in [1.54, 1.807) is 11.1 Å². The van der Waals surface area contributed by atoms with Gasteiger partial charge in [-0.2, -0.15) is 5.10 Å². The Morgan fingerprint density at radius 1 is 1.03 bits per heavy atom. The molecule has 1 aliphatic rings. The number of rotatable bonds is 4. The zero-order valence-electron chi connectivity index (χ0n) is 16.4. The summed E-state index contributed by atoms with van der Waals surface area (Å²) in [4.78, 5) is 19.1. The van der Waals surface area contributed by atoms with Gasteiger partial charge in [0.1, 0.15) is 0 Å². The van der Waals surface area contributed by atoms with Crippen LogP contribution in [0.2, 0.25) is 0 Å². The monoisotopic (exact) mass is 398 g/mol. The minimum Gasteiger partial charge on any atom is -0.391 e. The molecule has 2 aromatic carbocycles. The Morgan fingerprint density at radius 2 is 1.87 bits per heavy atom. The van der Waals surface area contributed by atoms with E-state index in [2.05, 4.69) is 21.2 Å². The molecule has 6 nitrogen and oxygen atoms in total. The lowest BCUT2D eigenvalue weighted by molar-refractivity contribution is 0.0764. The molecule has 0 unspecified atom stereocenters. The summed E-state index contributed by atoms with van der Waals surface area (Å²) in [5.41, 5.74) is 4.62. The van der Waals surface area contributed by atoms with Gasteiger partial charge in [-0.15, -0.1) is 0 Å². The van der Waals surface area contributed by atoms with Gasteiger partial charge in [0.05, 0.1) is 17.3 Å². The summed E-state index contributed by atoms with van der Waals surface area (Å²) in [6.45, 7) is 0.897. The van der Waals surface area contributed by atoms with Gasteiger partial charge in [0.2, 0.25) is 0 Å². The van der Waals surface area contributed by atoms with Crippen molar-refractivity contribution in [2.75, 3.05) is 13.1 Å². The second-order valence-corrected chi connectivity index (χ2v) is 7.78. The van der Waals surface area contributed by atoms with Crippen molar-refractivity contribution in [3.63, 3.8) is 0 Å². The third-order valence-electron chi connectivity index (χ3n) is 5.86. The summed E-state index contributed by atoms with van der Waals surface area (Å²) in [6.07, 6.45) is 3.69. The van der Waals surface area contributed by atoms with Gasteiger partial charge in [0.25, 0.3) is 5.91 Å². The highest BCUT2D eigenvalue weighted by Gasteiger charge is 2.34. The van der Waals surface area contributed by atoms with Gasteiger partial charge in [0.15, 0.2) is 0 Å². The Labute approximate surface area is 174 Å².